The third-order valence-corrected chi connectivity index (χ3v) is 1.97. The van der Waals surface area contributed by atoms with Crippen LogP contribution in [0, 0.1) is 5.82 Å². The minimum absolute atomic E-state index is 0.0148. The average Bonchev–Trinajstić information content (AvgIpc) is 2.01. The van der Waals surface area contributed by atoms with Crippen molar-refractivity contribution in [3.8, 4) is 5.75 Å². The second kappa shape index (κ2) is 3.36. The maximum absolute atomic E-state index is 12.8. The Bertz CT molecular complexity index is 299. The summed E-state index contributed by atoms with van der Waals surface area (Å²) in [6.07, 6.45) is 0. The molecule has 0 bridgehead atoms. The molecular formula is C11H15FO. The Balaban J connectivity index is 3.22. The molecular weight excluding hydrogens is 167 g/mol. The van der Waals surface area contributed by atoms with Crippen LogP contribution in [-0.2, 0) is 5.41 Å². The van der Waals surface area contributed by atoms with Crippen molar-refractivity contribution in [2.75, 3.05) is 7.11 Å². The number of methoxy groups -OCH3 is 1. The van der Waals surface area contributed by atoms with Crippen LogP contribution in [0.3, 0.4) is 0 Å². The third-order valence-electron chi connectivity index (χ3n) is 1.97. The van der Waals surface area contributed by atoms with Crippen molar-refractivity contribution >= 4 is 0 Å². The summed E-state index contributed by atoms with van der Waals surface area (Å²) in [4.78, 5) is 0. The van der Waals surface area contributed by atoms with Crippen LogP contribution in [0.2, 0.25) is 0 Å². The van der Waals surface area contributed by atoms with Crippen molar-refractivity contribution in [2.24, 2.45) is 0 Å². The monoisotopic (exact) mass is 182 g/mol. The zero-order chi connectivity index (χ0) is 10.1. The highest BCUT2D eigenvalue weighted by Crippen LogP contribution is 2.31. The molecule has 1 aromatic carbocycles. The van der Waals surface area contributed by atoms with Gasteiger partial charge in [-0.25, -0.2) is 4.39 Å². The van der Waals surface area contributed by atoms with Crippen molar-refractivity contribution in [3.05, 3.63) is 29.6 Å². The Morgan fingerprint density at radius 2 is 1.85 bits per heavy atom. The normalized spacial score (nSPS) is 11.5. The molecule has 0 N–H and O–H groups in total. The Morgan fingerprint density at radius 1 is 1.23 bits per heavy atom. The topological polar surface area (TPSA) is 9.23 Å². The molecule has 1 nitrogen and oxygen atoms in total. The number of ether oxygens (including phenoxy) is 1. The molecule has 0 aromatic heterocycles. The van der Waals surface area contributed by atoms with Crippen LogP contribution < -0.4 is 4.74 Å². The van der Waals surface area contributed by atoms with Gasteiger partial charge in [0, 0.05) is 6.07 Å². The molecule has 2 heteroatoms. The van der Waals surface area contributed by atoms with Gasteiger partial charge in [0.2, 0.25) is 0 Å². The Labute approximate surface area is 78.5 Å². The van der Waals surface area contributed by atoms with Crippen LogP contribution in [0.4, 0.5) is 4.39 Å². The second-order valence-corrected chi connectivity index (χ2v) is 4.09. The van der Waals surface area contributed by atoms with Crippen molar-refractivity contribution in [1.29, 1.82) is 0 Å². The molecule has 0 unspecified atom stereocenters. The highest BCUT2D eigenvalue weighted by molar-refractivity contribution is 5.38. The molecule has 72 valence electrons. The van der Waals surface area contributed by atoms with E-state index in [1.54, 1.807) is 13.2 Å². The van der Waals surface area contributed by atoms with Crippen LogP contribution in [0.25, 0.3) is 0 Å². The molecule has 0 amide bonds. The lowest BCUT2D eigenvalue weighted by Gasteiger charge is -2.21. The molecule has 0 saturated carbocycles. The lowest BCUT2D eigenvalue weighted by Crippen LogP contribution is -2.12. The molecule has 1 rings (SSSR count). The van der Waals surface area contributed by atoms with Gasteiger partial charge in [0.25, 0.3) is 0 Å². The first-order chi connectivity index (χ1) is 5.95. The lowest BCUT2D eigenvalue weighted by atomic mass is 9.86. The number of benzene rings is 1. The predicted molar refractivity (Wildman–Crippen MR) is 51.7 cm³/mol. The Kier molecular flexibility index (Phi) is 2.60. The zero-order valence-electron chi connectivity index (χ0n) is 8.52. The molecule has 0 spiro atoms. The molecule has 0 aliphatic rings. The summed E-state index contributed by atoms with van der Waals surface area (Å²) in [6, 6.07) is 4.65. The molecule has 0 heterocycles. The number of hydrogen-bond acceptors (Lipinski definition) is 1. The van der Waals surface area contributed by atoms with Gasteiger partial charge < -0.3 is 4.74 Å². The van der Waals surface area contributed by atoms with Crippen LogP contribution in [0.5, 0.6) is 5.75 Å². The summed E-state index contributed by atoms with van der Waals surface area (Å²) in [5.41, 5.74) is 1.01. The Hall–Kier alpha value is -1.05. The fourth-order valence-electron chi connectivity index (χ4n) is 1.28. The summed E-state index contributed by atoms with van der Waals surface area (Å²) < 4.78 is 18.0. The van der Waals surface area contributed by atoms with Gasteiger partial charge in [0.15, 0.2) is 0 Å². The molecule has 0 saturated heterocycles. The van der Waals surface area contributed by atoms with Crippen molar-refractivity contribution in [1.82, 2.24) is 0 Å². The number of halogens is 1. The molecule has 1 aromatic rings. The van der Waals surface area contributed by atoms with E-state index in [2.05, 4.69) is 20.8 Å². The molecule has 0 radical (unpaired) electrons. The van der Waals surface area contributed by atoms with Gasteiger partial charge in [-0.3, -0.25) is 0 Å². The van der Waals surface area contributed by atoms with E-state index in [1.165, 1.54) is 12.1 Å². The maximum atomic E-state index is 12.8. The number of hydrogen-bond donors (Lipinski definition) is 0. The fraction of sp³-hybridized carbons (Fsp3) is 0.455. The van der Waals surface area contributed by atoms with Gasteiger partial charge >= 0.3 is 0 Å². The molecule has 13 heavy (non-hydrogen) atoms. The summed E-state index contributed by atoms with van der Waals surface area (Å²) in [6.45, 7) is 6.22. The van der Waals surface area contributed by atoms with Crippen molar-refractivity contribution < 1.29 is 9.13 Å². The highest BCUT2D eigenvalue weighted by atomic mass is 19.1. The number of rotatable bonds is 1. The van der Waals surface area contributed by atoms with Crippen molar-refractivity contribution in [3.63, 3.8) is 0 Å². The van der Waals surface area contributed by atoms with Gasteiger partial charge in [-0.05, 0) is 17.0 Å². The van der Waals surface area contributed by atoms with E-state index >= 15 is 0 Å². The zero-order valence-corrected chi connectivity index (χ0v) is 8.52. The van der Waals surface area contributed by atoms with Crippen molar-refractivity contribution in [2.45, 2.75) is 26.2 Å². The van der Waals surface area contributed by atoms with E-state index in [-0.39, 0.29) is 11.2 Å². The predicted octanol–water partition coefficient (Wildman–Crippen LogP) is 3.13. The van der Waals surface area contributed by atoms with E-state index in [1.807, 2.05) is 0 Å². The molecule has 0 atom stereocenters. The van der Waals surface area contributed by atoms with Crippen LogP contribution in [0.15, 0.2) is 18.2 Å². The minimum Gasteiger partial charge on any atom is -0.496 e. The fourth-order valence-corrected chi connectivity index (χ4v) is 1.28. The average molecular weight is 182 g/mol. The van der Waals surface area contributed by atoms with E-state index in [4.69, 9.17) is 4.74 Å². The summed E-state index contributed by atoms with van der Waals surface area (Å²) in [5.74, 6) is 0.359. The quantitative estimate of drug-likeness (QED) is 0.648. The maximum Gasteiger partial charge on any atom is 0.126 e. The van der Waals surface area contributed by atoms with E-state index in [0.29, 0.717) is 5.75 Å². The van der Waals surface area contributed by atoms with Crippen LogP contribution in [0.1, 0.15) is 26.3 Å². The lowest BCUT2D eigenvalue weighted by molar-refractivity contribution is 0.394. The first-order valence-electron chi connectivity index (χ1n) is 4.29. The highest BCUT2D eigenvalue weighted by Gasteiger charge is 2.18. The second-order valence-electron chi connectivity index (χ2n) is 4.09. The Morgan fingerprint density at radius 3 is 2.31 bits per heavy atom. The van der Waals surface area contributed by atoms with Gasteiger partial charge in [-0.15, -0.1) is 0 Å². The van der Waals surface area contributed by atoms with E-state index in [0.717, 1.165) is 5.56 Å². The van der Waals surface area contributed by atoms with Gasteiger partial charge in [0.1, 0.15) is 11.6 Å². The van der Waals surface area contributed by atoms with Gasteiger partial charge in [-0.1, -0.05) is 26.8 Å². The van der Waals surface area contributed by atoms with Gasteiger partial charge in [0.05, 0.1) is 7.11 Å². The van der Waals surface area contributed by atoms with E-state index < -0.39 is 0 Å². The SMILES string of the molecule is COc1cc(F)ccc1C(C)(C)C. The van der Waals surface area contributed by atoms with E-state index in [9.17, 15) is 4.39 Å². The van der Waals surface area contributed by atoms with Crippen LogP contribution in [-0.4, -0.2) is 7.11 Å². The minimum atomic E-state index is -0.259. The standard InChI is InChI=1S/C11H15FO/c1-11(2,3)9-6-5-8(12)7-10(9)13-4/h5-7H,1-4H3. The van der Waals surface area contributed by atoms with Crippen LogP contribution >= 0.6 is 0 Å². The molecule has 0 aliphatic carbocycles. The summed E-state index contributed by atoms with van der Waals surface area (Å²) in [7, 11) is 1.56. The first-order valence-corrected chi connectivity index (χ1v) is 4.29. The summed E-state index contributed by atoms with van der Waals surface area (Å²) in [5, 5.41) is 0. The summed E-state index contributed by atoms with van der Waals surface area (Å²) >= 11 is 0. The first kappa shape index (κ1) is 10.0. The molecule has 0 aliphatic heterocycles. The van der Waals surface area contributed by atoms with Gasteiger partial charge in [-0.2, -0.15) is 0 Å². The molecule has 0 fully saturated rings. The smallest absolute Gasteiger partial charge is 0.126 e. The third kappa shape index (κ3) is 2.20. The largest absolute Gasteiger partial charge is 0.496 e.